The van der Waals surface area contributed by atoms with Crippen LogP contribution in [0.2, 0.25) is 0 Å². The minimum atomic E-state index is -0.307. The molecular formula is C27H37F3. The van der Waals surface area contributed by atoms with Gasteiger partial charge in [0.05, 0.1) is 6.33 Å². The van der Waals surface area contributed by atoms with Gasteiger partial charge in [-0.15, -0.1) is 0 Å². The summed E-state index contributed by atoms with van der Waals surface area (Å²) >= 11 is 0. The molecule has 5 atom stereocenters. The summed E-state index contributed by atoms with van der Waals surface area (Å²) in [6, 6.07) is 1.68. The second kappa shape index (κ2) is 9.92. The Bertz CT molecular complexity index is 753. The quantitative estimate of drug-likeness (QED) is 0.407. The van der Waals surface area contributed by atoms with Crippen LogP contribution in [0.25, 0.3) is 0 Å². The van der Waals surface area contributed by atoms with Gasteiger partial charge in [-0.1, -0.05) is 38.7 Å². The van der Waals surface area contributed by atoms with Gasteiger partial charge in [-0.3, -0.25) is 0 Å². The fraction of sp³-hybridized carbons (Fsp3) is 0.704. The molecule has 0 saturated heterocycles. The minimum Gasteiger partial charge on any atom is -0.216 e. The van der Waals surface area contributed by atoms with Crippen LogP contribution >= 0.6 is 0 Å². The van der Waals surface area contributed by atoms with E-state index in [1.807, 2.05) is 0 Å². The largest absolute Gasteiger partial charge is 0.216 e. The summed E-state index contributed by atoms with van der Waals surface area (Å²) in [6.07, 6.45) is 15.8. The third kappa shape index (κ3) is 4.65. The lowest BCUT2D eigenvalue weighted by molar-refractivity contribution is 0.131. The van der Waals surface area contributed by atoms with Gasteiger partial charge in [0, 0.05) is 5.56 Å². The van der Waals surface area contributed by atoms with Crippen LogP contribution in [-0.2, 0) is 12.8 Å². The molecule has 0 heterocycles. The van der Waals surface area contributed by atoms with E-state index in [0.29, 0.717) is 35.6 Å². The Hall–Kier alpha value is -1.25. The number of hydrogen-bond acceptors (Lipinski definition) is 0. The second-order valence-corrected chi connectivity index (χ2v) is 10.3. The molecule has 4 rings (SSSR count). The zero-order valence-electron chi connectivity index (χ0n) is 18.4. The van der Waals surface area contributed by atoms with Crippen molar-refractivity contribution in [2.75, 3.05) is 0 Å². The van der Waals surface area contributed by atoms with E-state index in [4.69, 9.17) is 0 Å². The number of hydrogen-bond donors (Lipinski definition) is 0. The number of fused-ring (bicyclic) bond motifs is 2. The summed E-state index contributed by atoms with van der Waals surface area (Å²) < 4.78 is 43.2. The molecule has 3 aliphatic carbocycles. The Morgan fingerprint density at radius 1 is 1.00 bits per heavy atom. The Balaban J connectivity index is 1.46. The third-order valence-electron chi connectivity index (χ3n) is 8.38. The average molecular weight is 419 g/mol. The molecule has 2 fully saturated rings. The van der Waals surface area contributed by atoms with E-state index in [1.54, 1.807) is 12.1 Å². The Morgan fingerprint density at radius 2 is 1.80 bits per heavy atom. The first-order valence-corrected chi connectivity index (χ1v) is 12.4. The smallest absolute Gasteiger partial charge is 0.133 e. The number of halogens is 3. The highest BCUT2D eigenvalue weighted by atomic mass is 19.1. The van der Waals surface area contributed by atoms with Crippen molar-refractivity contribution in [2.45, 2.75) is 96.3 Å². The van der Waals surface area contributed by atoms with Gasteiger partial charge in [-0.2, -0.15) is 0 Å². The monoisotopic (exact) mass is 418 g/mol. The highest BCUT2D eigenvalue weighted by molar-refractivity contribution is 5.39. The average Bonchev–Trinajstić information content (AvgIpc) is 2.74. The van der Waals surface area contributed by atoms with E-state index in [9.17, 15) is 4.39 Å². The fourth-order valence-electron chi connectivity index (χ4n) is 6.71. The number of unbranched alkanes of at least 4 members (excludes halogenated alkanes) is 2. The summed E-state index contributed by atoms with van der Waals surface area (Å²) in [6.45, 7) is 2.21. The molecule has 2 saturated carbocycles. The summed E-state index contributed by atoms with van der Waals surface area (Å²) in [5.41, 5.74) is 2.10. The second-order valence-electron chi connectivity index (χ2n) is 10.3. The Morgan fingerprint density at radius 3 is 2.60 bits per heavy atom. The van der Waals surface area contributed by atoms with Crippen LogP contribution in [0.5, 0.6) is 0 Å². The molecule has 5 unspecified atom stereocenters. The first-order chi connectivity index (χ1) is 14.6. The molecule has 0 spiro atoms. The zero-order chi connectivity index (χ0) is 21.1. The van der Waals surface area contributed by atoms with Gasteiger partial charge in [0.25, 0.3) is 0 Å². The molecule has 0 amide bonds. The lowest BCUT2D eigenvalue weighted by Crippen LogP contribution is -2.31. The minimum absolute atomic E-state index is 0.00657. The molecule has 3 aliphatic rings. The Labute approximate surface area is 180 Å². The first-order valence-electron chi connectivity index (χ1n) is 12.4. The topological polar surface area (TPSA) is 0 Å². The standard InChI is InChI=1S/C27H37F3/c1-2-3-4-5-18-7-11-24-23(15-18)17-25(29)26(27(24)30)22-10-9-20-14-19(12-13-28)6-8-21(20)16-22/h12-13,17-22H,2-11,14-16H2,1H3/b13-12+. The van der Waals surface area contributed by atoms with Gasteiger partial charge in [0.1, 0.15) is 11.6 Å². The van der Waals surface area contributed by atoms with Crippen molar-refractivity contribution in [2.24, 2.45) is 23.7 Å². The van der Waals surface area contributed by atoms with Gasteiger partial charge >= 0.3 is 0 Å². The van der Waals surface area contributed by atoms with Crippen LogP contribution in [0.3, 0.4) is 0 Å². The number of benzene rings is 1. The van der Waals surface area contributed by atoms with E-state index in [0.717, 1.165) is 68.9 Å². The zero-order valence-corrected chi connectivity index (χ0v) is 18.4. The summed E-state index contributed by atoms with van der Waals surface area (Å²) in [4.78, 5) is 0. The van der Waals surface area contributed by atoms with Crippen molar-refractivity contribution in [1.29, 1.82) is 0 Å². The molecular weight excluding hydrogens is 381 g/mol. The van der Waals surface area contributed by atoms with Gasteiger partial charge in [-0.25, -0.2) is 13.2 Å². The molecule has 0 bridgehead atoms. The number of rotatable bonds is 6. The maximum absolute atomic E-state index is 15.5. The Kier molecular flexibility index (Phi) is 7.26. The highest BCUT2D eigenvalue weighted by Gasteiger charge is 2.38. The van der Waals surface area contributed by atoms with Gasteiger partial charge in [0.2, 0.25) is 0 Å². The molecule has 0 radical (unpaired) electrons. The van der Waals surface area contributed by atoms with Crippen molar-refractivity contribution in [3.63, 3.8) is 0 Å². The van der Waals surface area contributed by atoms with Crippen molar-refractivity contribution >= 4 is 0 Å². The fourth-order valence-corrected chi connectivity index (χ4v) is 6.71. The van der Waals surface area contributed by atoms with Crippen molar-refractivity contribution in [3.8, 4) is 0 Å². The van der Waals surface area contributed by atoms with Gasteiger partial charge < -0.3 is 0 Å². The lowest BCUT2D eigenvalue weighted by atomic mass is 9.63. The number of allylic oxidation sites excluding steroid dienone is 1. The molecule has 0 aromatic heterocycles. The van der Waals surface area contributed by atoms with Crippen LogP contribution in [0, 0.1) is 35.3 Å². The van der Waals surface area contributed by atoms with Crippen LogP contribution in [0.1, 0.15) is 100 Å². The lowest BCUT2D eigenvalue weighted by Gasteiger charge is -2.42. The molecule has 3 heteroatoms. The first kappa shape index (κ1) is 22.0. The molecule has 0 N–H and O–H groups in total. The maximum Gasteiger partial charge on any atom is 0.133 e. The van der Waals surface area contributed by atoms with E-state index in [1.165, 1.54) is 25.7 Å². The predicted molar refractivity (Wildman–Crippen MR) is 117 cm³/mol. The van der Waals surface area contributed by atoms with Crippen LogP contribution in [0.15, 0.2) is 18.5 Å². The molecule has 166 valence electrons. The molecule has 1 aromatic rings. The van der Waals surface area contributed by atoms with E-state index < -0.39 is 0 Å². The summed E-state index contributed by atoms with van der Waals surface area (Å²) in [5.74, 6) is 1.52. The summed E-state index contributed by atoms with van der Waals surface area (Å²) in [5, 5.41) is 0. The van der Waals surface area contributed by atoms with Crippen molar-refractivity contribution < 1.29 is 13.2 Å². The van der Waals surface area contributed by atoms with E-state index >= 15 is 8.78 Å². The predicted octanol–water partition coefficient (Wildman–Crippen LogP) is 8.43. The van der Waals surface area contributed by atoms with Crippen LogP contribution in [-0.4, -0.2) is 0 Å². The van der Waals surface area contributed by atoms with Crippen LogP contribution < -0.4 is 0 Å². The van der Waals surface area contributed by atoms with Crippen molar-refractivity contribution in [1.82, 2.24) is 0 Å². The van der Waals surface area contributed by atoms with Crippen molar-refractivity contribution in [3.05, 3.63) is 46.8 Å². The maximum atomic E-state index is 15.5. The summed E-state index contributed by atoms with van der Waals surface area (Å²) in [7, 11) is 0. The van der Waals surface area contributed by atoms with Crippen LogP contribution in [0.4, 0.5) is 13.2 Å². The molecule has 30 heavy (non-hydrogen) atoms. The van der Waals surface area contributed by atoms with E-state index in [-0.39, 0.29) is 17.6 Å². The van der Waals surface area contributed by atoms with E-state index in [2.05, 4.69) is 6.92 Å². The molecule has 1 aromatic carbocycles. The van der Waals surface area contributed by atoms with Gasteiger partial charge in [0.15, 0.2) is 0 Å². The SMILES string of the molecule is CCCCCC1CCc2c(cc(F)c(C3CCC4CC(/C=C/F)CCC4C3)c2F)C1. The third-order valence-corrected chi connectivity index (χ3v) is 8.38. The van der Waals surface area contributed by atoms with Gasteiger partial charge in [-0.05, 0) is 105 Å². The molecule has 0 nitrogen and oxygen atoms in total. The highest BCUT2D eigenvalue weighted by Crippen LogP contribution is 2.49. The molecule has 0 aliphatic heterocycles. The normalized spacial score (nSPS) is 31.5.